The van der Waals surface area contributed by atoms with Crippen molar-refractivity contribution in [3.05, 3.63) is 0 Å². The summed E-state index contributed by atoms with van der Waals surface area (Å²) < 4.78 is 0. The maximum atomic E-state index is 11.9. The molecule has 0 aromatic heterocycles. The molecule has 0 aromatic rings. The molecule has 1 rings (SSSR count). The second kappa shape index (κ2) is 5.99. The minimum absolute atomic E-state index is 0.0951. The molecule has 0 spiro atoms. The fourth-order valence-electron chi connectivity index (χ4n) is 2.80. The Balaban J connectivity index is 2.58. The van der Waals surface area contributed by atoms with Crippen molar-refractivity contribution in [3.8, 4) is 0 Å². The topological polar surface area (TPSA) is 37.3 Å². The van der Waals surface area contributed by atoms with Gasteiger partial charge in [-0.15, -0.1) is 0 Å². The fraction of sp³-hybridized carbons (Fsp3) is 0.933. The number of hydrogen-bond acceptors (Lipinski definition) is 2. The van der Waals surface area contributed by atoms with E-state index in [9.17, 15) is 9.90 Å². The van der Waals surface area contributed by atoms with E-state index in [0.29, 0.717) is 18.1 Å². The van der Waals surface area contributed by atoms with Gasteiger partial charge >= 0.3 is 0 Å². The number of Topliss-reactive ketones (excluding diaryl/α,β-unsaturated/α-hetero) is 1. The smallest absolute Gasteiger partial charge is 0.136 e. The van der Waals surface area contributed by atoms with Crippen LogP contribution in [0.15, 0.2) is 0 Å². The second-order valence-electron chi connectivity index (χ2n) is 6.31. The molecular formula is C15H28O2. The molecule has 2 heteroatoms. The van der Waals surface area contributed by atoms with Gasteiger partial charge in [-0.2, -0.15) is 0 Å². The van der Waals surface area contributed by atoms with E-state index < -0.39 is 5.60 Å². The lowest BCUT2D eigenvalue weighted by molar-refractivity contribution is -0.129. The lowest BCUT2D eigenvalue weighted by Crippen LogP contribution is -2.38. The Hall–Kier alpha value is -0.370. The van der Waals surface area contributed by atoms with Crippen molar-refractivity contribution < 1.29 is 9.90 Å². The molecular weight excluding hydrogens is 212 g/mol. The molecule has 0 amide bonds. The molecule has 0 radical (unpaired) electrons. The molecule has 0 aliphatic heterocycles. The predicted molar refractivity (Wildman–Crippen MR) is 70.8 cm³/mol. The van der Waals surface area contributed by atoms with Gasteiger partial charge in [0.2, 0.25) is 0 Å². The van der Waals surface area contributed by atoms with Crippen LogP contribution in [0.3, 0.4) is 0 Å². The molecule has 17 heavy (non-hydrogen) atoms. The van der Waals surface area contributed by atoms with Gasteiger partial charge in [0.1, 0.15) is 5.78 Å². The molecule has 3 unspecified atom stereocenters. The van der Waals surface area contributed by atoms with E-state index in [1.807, 2.05) is 20.8 Å². The maximum Gasteiger partial charge on any atom is 0.136 e. The van der Waals surface area contributed by atoms with Crippen LogP contribution < -0.4 is 0 Å². The standard InChI is InChI=1S/C15H28O2/c1-5-6-12-7-8-14(16)13(9-12)10-15(4,17)11(2)3/h11-13,17H,5-10H2,1-4H3. The highest BCUT2D eigenvalue weighted by Crippen LogP contribution is 2.36. The third kappa shape index (κ3) is 4.09. The van der Waals surface area contributed by atoms with Gasteiger partial charge in [-0.05, 0) is 38.0 Å². The maximum absolute atomic E-state index is 11.9. The summed E-state index contributed by atoms with van der Waals surface area (Å²) in [5.41, 5.74) is -0.700. The average molecular weight is 240 g/mol. The molecule has 1 aliphatic carbocycles. The molecule has 0 heterocycles. The zero-order valence-corrected chi connectivity index (χ0v) is 11.8. The minimum atomic E-state index is -0.700. The molecule has 0 saturated heterocycles. The summed E-state index contributed by atoms with van der Waals surface area (Å²) in [4.78, 5) is 11.9. The van der Waals surface area contributed by atoms with Crippen molar-refractivity contribution in [2.45, 2.75) is 71.8 Å². The Kier molecular flexibility index (Phi) is 5.18. The van der Waals surface area contributed by atoms with Crippen molar-refractivity contribution in [3.63, 3.8) is 0 Å². The number of aliphatic hydroxyl groups is 1. The van der Waals surface area contributed by atoms with Crippen molar-refractivity contribution in [1.29, 1.82) is 0 Å². The van der Waals surface area contributed by atoms with Gasteiger partial charge in [0.15, 0.2) is 0 Å². The Morgan fingerprint density at radius 1 is 1.47 bits per heavy atom. The van der Waals surface area contributed by atoms with Gasteiger partial charge in [0.25, 0.3) is 0 Å². The summed E-state index contributed by atoms with van der Waals surface area (Å²) in [6.45, 7) is 8.12. The third-order valence-electron chi connectivity index (χ3n) is 4.47. The summed E-state index contributed by atoms with van der Waals surface area (Å²) in [5.74, 6) is 1.38. The first-order chi connectivity index (χ1) is 7.86. The number of rotatable bonds is 5. The van der Waals surface area contributed by atoms with Crippen molar-refractivity contribution >= 4 is 5.78 Å². The number of carbonyl (C=O) groups excluding carboxylic acids is 1. The highest BCUT2D eigenvalue weighted by Gasteiger charge is 2.35. The summed E-state index contributed by atoms with van der Waals surface area (Å²) in [5, 5.41) is 10.3. The minimum Gasteiger partial charge on any atom is -0.390 e. The molecule has 1 aliphatic rings. The zero-order chi connectivity index (χ0) is 13.1. The molecule has 2 nitrogen and oxygen atoms in total. The molecule has 1 saturated carbocycles. The molecule has 0 bridgehead atoms. The van der Waals surface area contributed by atoms with E-state index in [4.69, 9.17) is 0 Å². The van der Waals surface area contributed by atoms with Gasteiger partial charge < -0.3 is 5.11 Å². The fourth-order valence-corrected chi connectivity index (χ4v) is 2.80. The van der Waals surface area contributed by atoms with Gasteiger partial charge in [0, 0.05) is 12.3 Å². The van der Waals surface area contributed by atoms with E-state index in [0.717, 1.165) is 19.3 Å². The average Bonchev–Trinajstić information content (AvgIpc) is 2.23. The number of carbonyl (C=O) groups is 1. The Labute approximate surface area is 106 Å². The monoisotopic (exact) mass is 240 g/mol. The predicted octanol–water partition coefficient (Wildman–Crippen LogP) is 3.57. The van der Waals surface area contributed by atoms with Crippen LogP contribution in [-0.2, 0) is 4.79 Å². The summed E-state index contributed by atoms with van der Waals surface area (Å²) >= 11 is 0. The van der Waals surface area contributed by atoms with Crippen molar-refractivity contribution in [2.24, 2.45) is 17.8 Å². The molecule has 100 valence electrons. The Bertz CT molecular complexity index is 256. The quantitative estimate of drug-likeness (QED) is 0.797. The molecule has 1 N–H and O–H groups in total. The van der Waals surface area contributed by atoms with Crippen LogP contribution in [-0.4, -0.2) is 16.5 Å². The summed E-state index contributed by atoms with van der Waals surface area (Å²) in [6.07, 6.45) is 5.86. The van der Waals surface area contributed by atoms with Gasteiger partial charge in [0.05, 0.1) is 5.60 Å². The first-order valence-electron chi connectivity index (χ1n) is 7.12. The normalized spacial score (nSPS) is 29.4. The van der Waals surface area contributed by atoms with Crippen LogP contribution in [0.5, 0.6) is 0 Å². The molecule has 0 aromatic carbocycles. The van der Waals surface area contributed by atoms with Crippen LogP contribution >= 0.6 is 0 Å². The van der Waals surface area contributed by atoms with E-state index >= 15 is 0 Å². The van der Waals surface area contributed by atoms with E-state index in [-0.39, 0.29) is 11.8 Å². The lowest BCUT2D eigenvalue weighted by Gasteiger charge is -2.35. The van der Waals surface area contributed by atoms with Gasteiger partial charge in [-0.1, -0.05) is 33.6 Å². The van der Waals surface area contributed by atoms with Crippen LogP contribution in [0.2, 0.25) is 0 Å². The van der Waals surface area contributed by atoms with Crippen LogP contribution in [0, 0.1) is 17.8 Å². The van der Waals surface area contributed by atoms with E-state index in [2.05, 4.69) is 6.92 Å². The summed E-state index contributed by atoms with van der Waals surface area (Å²) in [6, 6.07) is 0. The first-order valence-corrected chi connectivity index (χ1v) is 7.12. The van der Waals surface area contributed by atoms with Crippen LogP contribution in [0.1, 0.15) is 66.2 Å². The van der Waals surface area contributed by atoms with Crippen molar-refractivity contribution in [1.82, 2.24) is 0 Å². The largest absolute Gasteiger partial charge is 0.390 e. The Morgan fingerprint density at radius 2 is 2.12 bits per heavy atom. The van der Waals surface area contributed by atoms with Crippen LogP contribution in [0.25, 0.3) is 0 Å². The first kappa shape index (κ1) is 14.7. The number of hydrogen-bond donors (Lipinski definition) is 1. The zero-order valence-electron chi connectivity index (χ0n) is 11.8. The second-order valence-corrected chi connectivity index (χ2v) is 6.31. The third-order valence-corrected chi connectivity index (χ3v) is 4.47. The van der Waals surface area contributed by atoms with Crippen molar-refractivity contribution in [2.75, 3.05) is 0 Å². The van der Waals surface area contributed by atoms with Crippen LogP contribution in [0.4, 0.5) is 0 Å². The highest BCUT2D eigenvalue weighted by molar-refractivity contribution is 5.81. The lowest BCUT2D eigenvalue weighted by atomic mass is 9.72. The molecule has 1 fully saturated rings. The van der Waals surface area contributed by atoms with E-state index in [1.165, 1.54) is 12.8 Å². The Morgan fingerprint density at radius 3 is 2.65 bits per heavy atom. The highest BCUT2D eigenvalue weighted by atomic mass is 16.3. The van der Waals surface area contributed by atoms with Gasteiger partial charge in [-0.3, -0.25) is 4.79 Å². The summed E-state index contributed by atoms with van der Waals surface area (Å²) in [7, 11) is 0. The molecule has 3 atom stereocenters. The van der Waals surface area contributed by atoms with E-state index in [1.54, 1.807) is 0 Å². The van der Waals surface area contributed by atoms with Gasteiger partial charge in [-0.25, -0.2) is 0 Å². The number of ketones is 1. The SMILES string of the molecule is CCCC1CCC(=O)C(CC(C)(O)C(C)C)C1.